The minimum Gasteiger partial charge on any atom is -0.484 e. The first kappa shape index (κ1) is 29.1. The third kappa shape index (κ3) is 7.27. The molecule has 0 unspecified atom stereocenters. The number of halogens is 6. The lowest BCUT2D eigenvalue weighted by Gasteiger charge is -2.34. The van der Waals surface area contributed by atoms with Gasteiger partial charge in [-0.1, -0.05) is 29.4 Å². The van der Waals surface area contributed by atoms with Crippen LogP contribution in [0.15, 0.2) is 77.3 Å². The highest BCUT2D eigenvalue weighted by Crippen LogP contribution is 2.31. The summed E-state index contributed by atoms with van der Waals surface area (Å²) < 4.78 is 85.4. The van der Waals surface area contributed by atoms with Gasteiger partial charge in [-0.25, -0.2) is 0 Å². The van der Waals surface area contributed by atoms with E-state index in [0.29, 0.717) is 49.4 Å². The number of hydrogen-bond donors (Lipinski definition) is 0. The predicted octanol–water partition coefficient (Wildman–Crippen LogP) is 6.32. The van der Waals surface area contributed by atoms with E-state index in [9.17, 15) is 31.1 Å². The van der Waals surface area contributed by atoms with E-state index < -0.39 is 24.5 Å². The number of piperazine rings is 1. The summed E-state index contributed by atoms with van der Waals surface area (Å²) >= 11 is 0. The topological polar surface area (TPSA) is 71.7 Å². The van der Waals surface area contributed by atoms with Gasteiger partial charge in [0.1, 0.15) is 5.75 Å². The lowest BCUT2D eigenvalue weighted by Crippen LogP contribution is -2.48. The second-order valence-corrected chi connectivity index (χ2v) is 9.69. The molecule has 0 radical (unpaired) electrons. The van der Waals surface area contributed by atoms with Gasteiger partial charge < -0.3 is 14.2 Å². The maximum Gasteiger partial charge on any atom is 0.422 e. The Hall–Kier alpha value is -4.39. The number of hydrogen-bond acceptors (Lipinski definition) is 6. The highest BCUT2D eigenvalue weighted by Gasteiger charge is 2.30. The Morgan fingerprint density at radius 3 is 2.02 bits per heavy atom. The van der Waals surface area contributed by atoms with Crippen LogP contribution in [0.5, 0.6) is 5.75 Å². The Kier molecular flexibility index (Phi) is 8.21. The van der Waals surface area contributed by atoms with Crippen LogP contribution in [-0.2, 0) is 12.7 Å². The molecule has 1 fully saturated rings. The molecule has 1 aromatic heterocycles. The Balaban J connectivity index is 1.13. The van der Waals surface area contributed by atoms with Crippen LogP contribution >= 0.6 is 0 Å². The lowest BCUT2D eigenvalue weighted by atomic mass is 10.1. The average molecular weight is 591 g/mol. The molecule has 4 aromatic rings. The smallest absolute Gasteiger partial charge is 0.422 e. The van der Waals surface area contributed by atoms with E-state index >= 15 is 0 Å². The number of aromatic nitrogens is 2. The van der Waals surface area contributed by atoms with Crippen molar-refractivity contribution in [2.24, 2.45) is 0 Å². The van der Waals surface area contributed by atoms with Gasteiger partial charge in [-0.3, -0.25) is 9.69 Å². The molecule has 7 nitrogen and oxygen atoms in total. The number of rotatable bonds is 7. The maximum absolute atomic E-state index is 13.1. The first-order valence-corrected chi connectivity index (χ1v) is 12.9. The number of carbonyl (C=O) groups excluding carboxylic acids is 1. The van der Waals surface area contributed by atoms with Crippen molar-refractivity contribution in [1.82, 2.24) is 19.9 Å². The SMILES string of the molecule is O=C(c1ccc(-c2nc(-c3ccc(C(F)(F)F)cc3)no2)cc1)N1CCN(Cc2ccc(OCC(F)(F)F)cc2)CC1. The van der Waals surface area contributed by atoms with Gasteiger partial charge in [0.2, 0.25) is 5.82 Å². The standard InChI is InChI=1S/C29H24F6N4O3/c30-28(31,32)18-41-24-11-1-19(2-12-24)17-38-13-15-39(16-14-38)27(40)22-5-3-21(4-6-22)26-36-25(37-42-26)20-7-9-23(10-8-20)29(33,34)35/h1-12H,13-18H2. The summed E-state index contributed by atoms with van der Waals surface area (Å²) in [6.45, 7) is 1.53. The van der Waals surface area contributed by atoms with Gasteiger partial charge in [0, 0.05) is 49.4 Å². The molecule has 1 amide bonds. The first-order valence-electron chi connectivity index (χ1n) is 12.9. The third-order valence-electron chi connectivity index (χ3n) is 6.67. The minimum absolute atomic E-state index is 0.136. The van der Waals surface area contributed by atoms with E-state index in [-0.39, 0.29) is 23.4 Å². The van der Waals surface area contributed by atoms with E-state index in [2.05, 4.69) is 15.0 Å². The summed E-state index contributed by atoms with van der Waals surface area (Å²) in [6, 6.07) is 17.5. The molecule has 1 aliphatic heterocycles. The molecule has 2 heterocycles. The summed E-state index contributed by atoms with van der Waals surface area (Å²) in [6.07, 6.45) is -8.83. The fraction of sp³-hybridized carbons (Fsp3) is 0.276. The van der Waals surface area contributed by atoms with Gasteiger partial charge in [0.25, 0.3) is 11.8 Å². The van der Waals surface area contributed by atoms with Crippen LogP contribution in [0, 0.1) is 0 Å². The molecule has 0 spiro atoms. The van der Waals surface area contributed by atoms with Gasteiger partial charge in [-0.15, -0.1) is 0 Å². The zero-order valence-corrected chi connectivity index (χ0v) is 22.0. The first-order chi connectivity index (χ1) is 19.9. The molecular weight excluding hydrogens is 566 g/mol. The summed E-state index contributed by atoms with van der Waals surface area (Å²) in [5.41, 5.74) is 1.55. The van der Waals surface area contributed by atoms with Gasteiger partial charge in [0.15, 0.2) is 6.61 Å². The fourth-order valence-corrected chi connectivity index (χ4v) is 4.43. The number of benzene rings is 3. The Labute approximate surface area is 236 Å². The van der Waals surface area contributed by atoms with Crippen molar-refractivity contribution in [1.29, 1.82) is 0 Å². The molecule has 1 aliphatic rings. The van der Waals surface area contributed by atoms with Crippen molar-refractivity contribution >= 4 is 5.91 Å². The van der Waals surface area contributed by atoms with E-state index in [1.807, 2.05) is 0 Å². The van der Waals surface area contributed by atoms with Crippen molar-refractivity contribution in [3.63, 3.8) is 0 Å². The number of amides is 1. The zero-order chi connectivity index (χ0) is 29.9. The zero-order valence-electron chi connectivity index (χ0n) is 22.0. The van der Waals surface area contributed by atoms with Crippen molar-refractivity contribution in [2.75, 3.05) is 32.8 Å². The second-order valence-electron chi connectivity index (χ2n) is 9.69. The van der Waals surface area contributed by atoms with Gasteiger partial charge in [-0.2, -0.15) is 31.3 Å². The van der Waals surface area contributed by atoms with Crippen LogP contribution in [0.2, 0.25) is 0 Å². The van der Waals surface area contributed by atoms with E-state index in [4.69, 9.17) is 9.26 Å². The Morgan fingerprint density at radius 2 is 1.43 bits per heavy atom. The molecule has 42 heavy (non-hydrogen) atoms. The second kappa shape index (κ2) is 11.8. The molecule has 0 bridgehead atoms. The quantitative estimate of drug-likeness (QED) is 0.235. The number of alkyl halides is 6. The highest BCUT2D eigenvalue weighted by atomic mass is 19.4. The summed E-state index contributed by atoms with van der Waals surface area (Å²) in [5, 5.41) is 3.85. The van der Waals surface area contributed by atoms with E-state index in [1.54, 1.807) is 41.3 Å². The molecule has 3 aromatic carbocycles. The van der Waals surface area contributed by atoms with Crippen LogP contribution in [-0.4, -0.2) is 64.8 Å². The fourth-order valence-electron chi connectivity index (χ4n) is 4.43. The van der Waals surface area contributed by atoms with Gasteiger partial charge in [-0.05, 0) is 54.1 Å². The summed E-state index contributed by atoms with van der Waals surface area (Å²) in [5.74, 6) is 0.319. The van der Waals surface area contributed by atoms with E-state index in [1.165, 1.54) is 24.3 Å². The highest BCUT2D eigenvalue weighted by molar-refractivity contribution is 5.94. The molecule has 5 rings (SSSR count). The normalized spacial score (nSPS) is 14.7. The molecule has 0 aliphatic carbocycles. The largest absolute Gasteiger partial charge is 0.484 e. The monoisotopic (exact) mass is 590 g/mol. The van der Waals surface area contributed by atoms with Crippen LogP contribution in [0.1, 0.15) is 21.5 Å². The van der Waals surface area contributed by atoms with Crippen molar-refractivity contribution in [3.05, 3.63) is 89.5 Å². The molecule has 13 heteroatoms. The summed E-state index contributed by atoms with van der Waals surface area (Å²) in [4.78, 5) is 21.2. The molecule has 220 valence electrons. The van der Waals surface area contributed by atoms with Gasteiger partial charge >= 0.3 is 12.4 Å². The predicted molar refractivity (Wildman–Crippen MR) is 139 cm³/mol. The number of ether oxygens (including phenoxy) is 1. The van der Waals surface area contributed by atoms with E-state index in [0.717, 1.165) is 17.7 Å². The summed E-state index contributed by atoms with van der Waals surface area (Å²) in [7, 11) is 0. The Morgan fingerprint density at radius 1 is 0.810 bits per heavy atom. The van der Waals surface area contributed by atoms with Crippen LogP contribution in [0.4, 0.5) is 26.3 Å². The van der Waals surface area contributed by atoms with Crippen molar-refractivity contribution in [2.45, 2.75) is 18.9 Å². The van der Waals surface area contributed by atoms with Gasteiger partial charge in [0.05, 0.1) is 5.56 Å². The lowest BCUT2D eigenvalue weighted by molar-refractivity contribution is -0.153. The third-order valence-corrected chi connectivity index (χ3v) is 6.67. The molecule has 0 N–H and O–H groups in total. The van der Waals surface area contributed by atoms with Crippen molar-refractivity contribution < 1.29 is 40.4 Å². The number of carbonyl (C=O) groups is 1. The molecule has 0 saturated carbocycles. The molecule has 0 atom stereocenters. The molecular formula is C29H24F6N4O3. The Bertz CT molecular complexity index is 1490. The maximum atomic E-state index is 13.1. The number of nitrogens with zero attached hydrogens (tertiary/aromatic N) is 4. The van der Waals surface area contributed by atoms with Crippen LogP contribution in [0.3, 0.4) is 0 Å². The molecule has 1 saturated heterocycles. The minimum atomic E-state index is -4.44. The van der Waals surface area contributed by atoms with Crippen LogP contribution < -0.4 is 4.74 Å². The van der Waals surface area contributed by atoms with Crippen molar-refractivity contribution in [3.8, 4) is 28.6 Å². The average Bonchev–Trinajstić information content (AvgIpc) is 3.47. The van der Waals surface area contributed by atoms with Crippen LogP contribution in [0.25, 0.3) is 22.8 Å².